The third-order valence-electron chi connectivity index (χ3n) is 11.1. The molecule has 5 fully saturated rings. The number of aliphatic hydroxyl groups is 12. The number of ether oxygens (including phenoxy) is 10. The molecule has 1 amide bonds. The van der Waals surface area contributed by atoms with Crippen molar-refractivity contribution in [3.05, 3.63) is 0 Å². The predicted molar refractivity (Wildman–Crippen MR) is 188 cm³/mol. The minimum atomic E-state index is -1.99. The van der Waals surface area contributed by atoms with Crippen LogP contribution < -0.4 is 5.32 Å². The Kier molecular flexibility index (Phi) is 17.2. The van der Waals surface area contributed by atoms with E-state index in [1.54, 1.807) is 0 Å². The largest absolute Gasteiger partial charge is 0.394 e. The van der Waals surface area contributed by atoms with Gasteiger partial charge in [0.1, 0.15) is 104 Å². The van der Waals surface area contributed by atoms with Gasteiger partial charge in [0, 0.05) is 13.5 Å². The second kappa shape index (κ2) is 20.8. The number of hydrogen-bond acceptors (Lipinski definition) is 23. The van der Waals surface area contributed by atoms with Crippen LogP contribution in [0.5, 0.6) is 0 Å². The van der Waals surface area contributed by atoms with Crippen LogP contribution in [0.4, 0.5) is 0 Å². The SMILES string of the molecule is CCCO[C@@H]1O[C@@H](C)[C@H](O)[C@@H](O)[C@H]1O[C@@H]1O[C@@H](C)[C@H](O)[C@@H](O[C@H]2O[C@H](CO)[C@@H](O)[C@H](O)[C@H]2O)[C@H]1O[C@@H]1O[C@H](CO)[C@@H](O)[C@H](O[C@@H]2O[C@@H](C)[C@H](O)[C@@H](O)[C@H]2O)[C@H]1NC(C)=O. The van der Waals surface area contributed by atoms with Crippen LogP contribution in [0, 0.1) is 0 Å². The molecule has 5 rings (SSSR count). The average Bonchev–Trinajstić information content (AvgIpc) is 3.20. The number of rotatable bonds is 14. The summed E-state index contributed by atoms with van der Waals surface area (Å²) in [6, 6.07) is -1.61. The summed E-state index contributed by atoms with van der Waals surface area (Å²) in [6.45, 7) is 5.54. The summed E-state index contributed by atoms with van der Waals surface area (Å²) in [5.41, 5.74) is 0. The smallest absolute Gasteiger partial charge is 0.217 e. The van der Waals surface area contributed by atoms with E-state index in [0.29, 0.717) is 6.42 Å². The fraction of sp³-hybridized carbons (Fsp3) is 0.971. The molecule has 0 radical (unpaired) electrons. The lowest BCUT2D eigenvalue weighted by Crippen LogP contribution is -2.70. The maximum atomic E-state index is 12.7. The summed E-state index contributed by atoms with van der Waals surface area (Å²) in [5.74, 6) is -0.749. The van der Waals surface area contributed by atoms with Gasteiger partial charge in [0.25, 0.3) is 0 Å². The van der Waals surface area contributed by atoms with E-state index in [2.05, 4.69) is 5.32 Å². The van der Waals surface area contributed by atoms with Crippen molar-refractivity contribution in [3.63, 3.8) is 0 Å². The average molecular weight is 864 g/mol. The molecule has 0 aliphatic carbocycles. The van der Waals surface area contributed by atoms with Gasteiger partial charge < -0.3 is 114 Å². The van der Waals surface area contributed by atoms with Crippen LogP contribution in [-0.2, 0) is 52.2 Å². The van der Waals surface area contributed by atoms with Gasteiger partial charge >= 0.3 is 0 Å². The maximum Gasteiger partial charge on any atom is 0.217 e. The summed E-state index contributed by atoms with van der Waals surface area (Å²) in [5, 5.41) is 131. The van der Waals surface area contributed by atoms with Gasteiger partial charge in [0.2, 0.25) is 5.91 Å². The second-order valence-electron chi connectivity index (χ2n) is 15.5. The standard InChI is InChI=1S/C35H61NO23/c1-6-7-50-34-29(24(47)18(41)11(3)52-34)58-35-30(28(19(42)12(4)53-35)57-33-26(49)23(46)20(43)14(8-37)55-33)59-31-16(36-13(5)39)27(21(44)15(9-38)54-31)56-32-25(48)22(45)17(40)10(2)51-32/h10-12,14-35,37-38,40-49H,6-9H2,1-5H3,(H,36,39)/t10-,11-,12-,14+,15+,16+,17-,18-,19-,20+,21+,22+,23-,24+,25+,26+,27+,28+,29+,30+,31-,32-,33+,34+,35-/m0/s1. The van der Waals surface area contributed by atoms with Gasteiger partial charge in [0.15, 0.2) is 31.5 Å². The van der Waals surface area contributed by atoms with Gasteiger partial charge in [0.05, 0.1) is 31.5 Å². The van der Waals surface area contributed by atoms with E-state index in [9.17, 15) is 66.1 Å². The fourth-order valence-corrected chi connectivity index (χ4v) is 7.57. The first kappa shape index (κ1) is 48.6. The highest BCUT2D eigenvalue weighted by molar-refractivity contribution is 5.73. The van der Waals surface area contributed by atoms with Crippen molar-refractivity contribution in [2.45, 2.75) is 195 Å². The molecule has 5 saturated heterocycles. The topological polar surface area (TPSA) is 364 Å². The van der Waals surface area contributed by atoms with E-state index < -0.39 is 173 Å². The molecule has 5 aliphatic heterocycles. The van der Waals surface area contributed by atoms with Crippen molar-refractivity contribution in [3.8, 4) is 0 Å². The van der Waals surface area contributed by atoms with Crippen LogP contribution in [0.25, 0.3) is 0 Å². The molecule has 24 heteroatoms. The van der Waals surface area contributed by atoms with E-state index in [1.807, 2.05) is 6.92 Å². The minimum Gasteiger partial charge on any atom is -0.394 e. The molecule has 0 unspecified atom stereocenters. The molecule has 5 aliphatic rings. The Hall–Kier alpha value is -1.41. The first-order valence-corrected chi connectivity index (χ1v) is 19.6. The van der Waals surface area contributed by atoms with Crippen LogP contribution in [-0.4, -0.2) is 240 Å². The van der Waals surface area contributed by atoms with Gasteiger partial charge in [-0.3, -0.25) is 4.79 Å². The lowest BCUT2D eigenvalue weighted by Gasteiger charge is -2.51. The van der Waals surface area contributed by atoms with E-state index in [4.69, 9.17) is 47.4 Å². The number of aliphatic hydroxyl groups excluding tert-OH is 12. The highest BCUT2D eigenvalue weighted by Crippen LogP contribution is 2.37. The van der Waals surface area contributed by atoms with Crippen LogP contribution in [0.2, 0.25) is 0 Å². The molecule has 344 valence electrons. The van der Waals surface area contributed by atoms with Gasteiger partial charge in [-0.1, -0.05) is 6.92 Å². The predicted octanol–water partition coefficient (Wildman–Crippen LogP) is -7.26. The van der Waals surface area contributed by atoms with Gasteiger partial charge in [-0.25, -0.2) is 0 Å². The summed E-state index contributed by atoms with van der Waals surface area (Å²) >= 11 is 0. The highest BCUT2D eigenvalue weighted by atomic mass is 16.8. The molecular formula is C35H61NO23. The molecular weight excluding hydrogens is 802 g/mol. The van der Waals surface area contributed by atoms with Crippen molar-refractivity contribution >= 4 is 5.91 Å². The molecule has 0 bridgehead atoms. The zero-order chi connectivity index (χ0) is 43.6. The van der Waals surface area contributed by atoms with Gasteiger partial charge in [-0.05, 0) is 27.2 Å². The highest BCUT2D eigenvalue weighted by Gasteiger charge is 2.57. The normalized spacial score (nSPS) is 51.0. The molecule has 0 aromatic heterocycles. The van der Waals surface area contributed by atoms with Gasteiger partial charge in [-0.15, -0.1) is 0 Å². The number of amides is 1. The van der Waals surface area contributed by atoms with Crippen LogP contribution in [0.15, 0.2) is 0 Å². The van der Waals surface area contributed by atoms with Crippen molar-refractivity contribution in [1.82, 2.24) is 5.32 Å². The number of hydrogen-bond donors (Lipinski definition) is 13. The zero-order valence-corrected chi connectivity index (χ0v) is 33.1. The Labute approximate surface area is 338 Å². The van der Waals surface area contributed by atoms with E-state index in [1.165, 1.54) is 20.8 Å². The molecule has 0 aromatic rings. The van der Waals surface area contributed by atoms with E-state index in [-0.39, 0.29) is 6.61 Å². The number of carbonyl (C=O) groups excluding carboxylic acids is 1. The number of nitrogens with one attached hydrogen (secondary N) is 1. The lowest BCUT2D eigenvalue weighted by atomic mass is 9.94. The Morgan fingerprint density at radius 3 is 1.54 bits per heavy atom. The first-order valence-electron chi connectivity index (χ1n) is 19.6. The summed E-state index contributed by atoms with van der Waals surface area (Å²) in [4.78, 5) is 12.7. The zero-order valence-electron chi connectivity index (χ0n) is 33.1. The molecule has 0 spiro atoms. The molecule has 5 heterocycles. The van der Waals surface area contributed by atoms with Crippen LogP contribution >= 0.6 is 0 Å². The fourth-order valence-electron chi connectivity index (χ4n) is 7.57. The van der Waals surface area contributed by atoms with E-state index in [0.717, 1.165) is 6.92 Å². The minimum absolute atomic E-state index is 0.123. The van der Waals surface area contributed by atoms with Crippen molar-refractivity contribution < 1.29 is 113 Å². The summed E-state index contributed by atoms with van der Waals surface area (Å²) in [6.07, 6.45) is -38.8. The number of carbonyl (C=O) groups is 1. The Morgan fingerprint density at radius 2 is 0.949 bits per heavy atom. The molecule has 0 saturated carbocycles. The third-order valence-corrected chi connectivity index (χ3v) is 11.1. The summed E-state index contributed by atoms with van der Waals surface area (Å²) in [7, 11) is 0. The molecule has 0 aromatic carbocycles. The van der Waals surface area contributed by atoms with Crippen LogP contribution in [0.3, 0.4) is 0 Å². The lowest BCUT2D eigenvalue weighted by molar-refractivity contribution is -0.405. The van der Waals surface area contributed by atoms with Crippen molar-refractivity contribution in [2.75, 3.05) is 19.8 Å². The third kappa shape index (κ3) is 10.5. The second-order valence-corrected chi connectivity index (χ2v) is 15.5. The molecule has 13 N–H and O–H groups in total. The quantitative estimate of drug-likeness (QED) is 0.0771. The van der Waals surface area contributed by atoms with E-state index >= 15 is 0 Å². The molecule has 59 heavy (non-hydrogen) atoms. The first-order chi connectivity index (χ1) is 27.8. The molecule has 24 nitrogen and oxygen atoms in total. The van der Waals surface area contributed by atoms with Crippen molar-refractivity contribution in [2.24, 2.45) is 0 Å². The maximum absolute atomic E-state index is 12.7. The van der Waals surface area contributed by atoms with Crippen LogP contribution in [0.1, 0.15) is 41.0 Å². The summed E-state index contributed by atoms with van der Waals surface area (Å²) < 4.78 is 59.4. The Bertz CT molecular complexity index is 1320. The Morgan fingerprint density at radius 1 is 0.492 bits per heavy atom. The van der Waals surface area contributed by atoms with Crippen molar-refractivity contribution in [1.29, 1.82) is 0 Å². The molecule has 25 atom stereocenters. The monoisotopic (exact) mass is 863 g/mol. The Balaban J connectivity index is 1.55. The van der Waals surface area contributed by atoms with Gasteiger partial charge in [-0.2, -0.15) is 0 Å².